The molecule has 1 fully saturated rings. The van der Waals surface area contributed by atoms with Crippen molar-refractivity contribution < 1.29 is 9.59 Å². The molecule has 0 aliphatic carbocycles. The predicted molar refractivity (Wildman–Crippen MR) is 100 cm³/mol. The molecule has 0 bridgehead atoms. The lowest BCUT2D eigenvalue weighted by Crippen LogP contribution is -2.42. The Bertz CT molecular complexity index is 584. The van der Waals surface area contributed by atoms with Crippen LogP contribution >= 0.6 is 0 Å². The number of nitrogens with zero attached hydrogens (tertiary/aromatic N) is 1. The molecule has 0 spiro atoms. The van der Waals surface area contributed by atoms with Crippen molar-refractivity contribution >= 4 is 11.8 Å². The summed E-state index contributed by atoms with van der Waals surface area (Å²) >= 11 is 0. The zero-order valence-corrected chi connectivity index (χ0v) is 15.9. The zero-order valence-electron chi connectivity index (χ0n) is 15.9. The molecule has 1 unspecified atom stereocenters. The van der Waals surface area contributed by atoms with E-state index in [0.29, 0.717) is 18.2 Å². The summed E-state index contributed by atoms with van der Waals surface area (Å²) < 4.78 is 0. The highest BCUT2D eigenvalue weighted by molar-refractivity contribution is 5.94. The van der Waals surface area contributed by atoms with Gasteiger partial charge in [0.05, 0.1) is 0 Å². The molecule has 1 aromatic carbocycles. The van der Waals surface area contributed by atoms with Crippen LogP contribution in [0.3, 0.4) is 0 Å². The van der Waals surface area contributed by atoms with Crippen molar-refractivity contribution in [3.8, 4) is 0 Å². The van der Waals surface area contributed by atoms with Gasteiger partial charge in [0, 0.05) is 36.7 Å². The van der Waals surface area contributed by atoms with Crippen LogP contribution in [0, 0.1) is 5.41 Å². The highest BCUT2D eigenvalue weighted by Gasteiger charge is 2.26. The van der Waals surface area contributed by atoms with Crippen LogP contribution in [0.25, 0.3) is 0 Å². The summed E-state index contributed by atoms with van der Waals surface area (Å²) in [6.07, 6.45) is 1.97. The third-order valence-electron chi connectivity index (χ3n) is 4.54. The fraction of sp³-hybridized carbons (Fsp3) is 0.600. The first-order chi connectivity index (χ1) is 11.8. The molecule has 138 valence electrons. The molecule has 0 aromatic heterocycles. The molecule has 1 aromatic rings. The number of carbonyl (C=O) groups is 2. The highest BCUT2D eigenvalue weighted by atomic mass is 16.2. The third-order valence-corrected chi connectivity index (χ3v) is 4.54. The van der Waals surface area contributed by atoms with Gasteiger partial charge in [0.15, 0.2) is 0 Å². The average Bonchev–Trinajstić information content (AvgIpc) is 3.10. The Kier molecular flexibility index (Phi) is 6.59. The number of nitrogens with one attached hydrogen (secondary N) is 2. The van der Waals surface area contributed by atoms with Crippen LogP contribution in [0.2, 0.25) is 0 Å². The van der Waals surface area contributed by atoms with Crippen LogP contribution < -0.4 is 10.6 Å². The SMILES string of the molecule is CCCN(C(=O)c1ccc(CNC(=O)C(C)(C)C)cc1)C1CCNC1. The fourth-order valence-electron chi connectivity index (χ4n) is 2.97. The molecule has 2 rings (SSSR count). The van der Waals surface area contributed by atoms with E-state index in [1.807, 2.05) is 49.9 Å². The monoisotopic (exact) mass is 345 g/mol. The van der Waals surface area contributed by atoms with Crippen LogP contribution in [0.5, 0.6) is 0 Å². The smallest absolute Gasteiger partial charge is 0.254 e. The molecular weight excluding hydrogens is 314 g/mol. The second-order valence-electron chi connectivity index (χ2n) is 7.77. The first-order valence-corrected chi connectivity index (χ1v) is 9.22. The van der Waals surface area contributed by atoms with E-state index in [9.17, 15) is 9.59 Å². The molecule has 1 saturated heterocycles. The number of rotatable bonds is 6. The van der Waals surface area contributed by atoms with Crippen molar-refractivity contribution in [1.82, 2.24) is 15.5 Å². The van der Waals surface area contributed by atoms with Crippen molar-refractivity contribution in [3.05, 3.63) is 35.4 Å². The van der Waals surface area contributed by atoms with E-state index in [1.54, 1.807) is 0 Å². The van der Waals surface area contributed by atoms with Crippen molar-refractivity contribution in [3.63, 3.8) is 0 Å². The molecule has 5 nitrogen and oxygen atoms in total. The standard InChI is InChI=1S/C20H31N3O2/c1-5-12-23(17-10-11-21-14-17)18(24)16-8-6-15(7-9-16)13-22-19(25)20(2,3)4/h6-9,17,21H,5,10-14H2,1-4H3,(H,22,25). The Labute approximate surface area is 151 Å². The number of hydrogen-bond donors (Lipinski definition) is 2. The first kappa shape index (κ1) is 19.4. The van der Waals surface area contributed by atoms with Gasteiger partial charge in [-0.1, -0.05) is 39.8 Å². The van der Waals surface area contributed by atoms with Crippen LogP contribution in [0.1, 0.15) is 56.5 Å². The lowest BCUT2D eigenvalue weighted by atomic mass is 9.95. The number of amides is 2. The quantitative estimate of drug-likeness (QED) is 0.833. The van der Waals surface area contributed by atoms with Crippen LogP contribution in [0.15, 0.2) is 24.3 Å². The van der Waals surface area contributed by atoms with Gasteiger partial charge in [0.2, 0.25) is 5.91 Å². The van der Waals surface area contributed by atoms with Gasteiger partial charge >= 0.3 is 0 Å². The molecule has 25 heavy (non-hydrogen) atoms. The highest BCUT2D eigenvalue weighted by Crippen LogP contribution is 2.16. The summed E-state index contributed by atoms with van der Waals surface area (Å²) in [5, 5.41) is 6.26. The maximum absolute atomic E-state index is 12.9. The van der Waals surface area contributed by atoms with Gasteiger partial charge in [0.1, 0.15) is 0 Å². The zero-order chi connectivity index (χ0) is 18.4. The molecule has 5 heteroatoms. The minimum Gasteiger partial charge on any atom is -0.352 e. The lowest BCUT2D eigenvalue weighted by molar-refractivity contribution is -0.128. The fourth-order valence-corrected chi connectivity index (χ4v) is 2.97. The van der Waals surface area contributed by atoms with E-state index in [-0.39, 0.29) is 11.8 Å². The first-order valence-electron chi connectivity index (χ1n) is 9.22. The summed E-state index contributed by atoms with van der Waals surface area (Å²) in [6, 6.07) is 7.87. The van der Waals surface area contributed by atoms with Crippen LogP contribution in [-0.2, 0) is 11.3 Å². The Hall–Kier alpha value is -1.88. The largest absolute Gasteiger partial charge is 0.352 e. The van der Waals surface area contributed by atoms with Crippen molar-refractivity contribution in [2.45, 2.75) is 53.1 Å². The Balaban J connectivity index is 2.00. The normalized spacial score (nSPS) is 17.4. The van der Waals surface area contributed by atoms with Gasteiger partial charge in [-0.2, -0.15) is 0 Å². The van der Waals surface area contributed by atoms with Gasteiger partial charge in [-0.3, -0.25) is 9.59 Å². The Morgan fingerprint density at radius 1 is 1.24 bits per heavy atom. The van der Waals surface area contributed by atoms with Crippen LogP contribution in [0.4, 0.5) is 0 Å². The second kappa shape index (κ2) is 8.48. The maximum atomic E-state index is 12.9. The van der Waals surface area contributed by atoms with Crippen LogP contribution in [-0.4, -0.2) is 42.4 Å². The van der Waals surface area contributed by atoms with E-state index >= 15 is 0 Å². The molecule has 2 N–H and O–H groups in total. The number of benzene rings is 1. The predicted octanol–water partition coefficient (Wildman–Crippen LogP) is 2.56. The second-order valence-corrected chi connectivity index (χ2v) is 7.77. The van der Waals surface area contributed by atoms with Gasteiger partial charge in [-0.25, -0.2) is 0 Å². The van der Waals surface area contributed by atoms with Gasteiger partial charge in [-0.15, -0.1) is 0 Å². The van der Waals surface area contributed by atoms with Gasteiger partial charge in [0.25, 0.3) is 5.91 Å². The van der Waals surface area contributed by atoms with E-state index in [0.717, 1.165) is 38.0 Å². The summed E-state index contributed by atoms with van der Waals surface area (Å²) in [5.41, 5.74) is 1.32. The Morgan fingerprint density at radius 2 is 1.92 bits per heavy atom. The number of hydrogen-bond acceptors (Lipinski definition) is 3. The van der Waals surface area contributed by atoms with E-state index in [2.05, 4.69) is 17.6 Å². The minimum atomic E-state index is -0.397. The van der Waals surface area contributed by atoms with Crippen molar-refractivity contribution in [1.29, 1.82) is 0 Å². The Morgan fingerprint density at radius 3 is 2.44 bits per heavy atom. The average molecular weight is 345 g/mol. The molecular formula is C20H31N3O2. The molecule has 1 atom stereocenters. The molecule has 0 saturated carbocycles. The molecule has 1 heterocycles. The minimum absolute atomic E-state index is 0.0236. The summed E-state index contributed by atoms with van der Waals surface area (Å²) in [5.74, 6) is 0.122. The topological polar surface area (TPSA) is 61.4 Å². The third kappa shape index (κ3) is 5.30. The molecule has 1 aliphatic heterocycles. The summed E-state index contributed by atoms with van der Waals surface area (Å²) in [6.45, 7) is 10.9. The molecule has 2 amide bonds. The molecule has 1 aliphatic rings. The van der Waals surface area contributed by atoms with Crippen molar-refractivity contribution in [2.75, 3.05) is 19.6 Å². The van der Waals surface area contributed by atoms with Crippen molar-refractivity contribution in [2.24, 2.45) is 5.41 Å². The van der Waals surface area contributed by atoms with E-state index < -0.39 is 5.41 Å². The number of carbonyl (C=O) groups excluding carboxylic acids is 2. The van der Waals surface area contributed by atoms with E-state index in [4.69, 9.17) is 0 Å². The summed E-state index contributed by atoms with van der Waals surface area (Å²) in [7, 11) is 0. The van der Waals surface area contributed by atoms with Gasteiger partial charge in [-0.05, 0) is 37.1 Å². The van der Waals surface area contributed by atoms with Gasteiger partial charge < -0.3 is 15.5 Å². The summed E-state index contributed by atoms with van der Waals surface area (Å²) in [4.78, 5) is 26.8. The lowest BCUT2D eigenvalue weighted by Gasteiger charge is -2.28. The molecule has 0 radical (unpaired) electrons. The van der Waals surface area contributed by atoms with E-state index in [1.165, 1.54) is 0 Å². The maximum Gasteiger partial charge on any atom is 0.254 e.